The van der Waals surface area contributed by atoms with E-state index in [0.29, 0.717) is 0 Å². The van der Waals surface area contributed by atoms with Gasteiger partial charge in [0.1, 0.15) is 0 Å². The summed E-state index contributed by atoms with van der Waals surface area (Å²) in [6.45, 7) is 2.11. The fraction of sp³-hybridized carbons (Fsp3) is 0.0256. The SMILES string of the molecule is Cc1cc[n+](-c2ccccc2C2=c3ccc([nH]3)=Cc3ccc([nH]3)C(c3ccc(N=C=S)cc3)=c3ccc([nH]3)=Cc3ccc2[nH]3)cc1. The van der Waals surface area contributed by atoms with Gasteiger partial charge in [-0.1, -0.05) is 24.3 Å². The zero-order chi connectivity index (χ0) is 31.0. The van der Waals surface area contributed by atoms with Gasteiger partial charge in [0.05, 0.1) is 16.4 Å². The second kappa shape index (κ2) is 11.5. The topological polar surface area (TPSA) is 79.4 Å². The summed E-state index contributed by atoms with van der Waals surface area (Å²) >= 11 is 4.80. The molecule has 0 aliphatic carbocycles. The molecule has 0 unspecified atom stereocenters. The monoisotopic (exact) mass is 613 g/mol. The molecule has 0 spiro atoms. The molecule has 2 aromatic carbocycles. The van der Waals surface area contributed by atoms with Crippen LogP contribution in [0.25, 0.3) is 29.0 Å². The first-order chi connectivity index (χ1) is 22.6. The molecule has 4 N–H and O–H groups in total. The molecule has 0 radical (unpaired) electrons. The van der Waals surface area contributed by atoms with Crippen molar-refractivity contribution in [3.05, 3.63) is 182 Å². The molecule has 0 fully saturated rings. The number of H-pyrrole nitrogens is 4. The fourth-order valence-electron chi connectivity index (χ4n) is 6.12. The average Bonchev–Trinajstić information content (AvgIpc) is 3.90. The van der Waals surface area contributed by atoms with E-state index in [1.54, 1.807) is 0 Å². The van der Waals surface area contributed by atoms with Crippen LogP contribution in [0.5, 0.6) is 0 Å². The molecule has 7 aromatic rings. The van der Waals surface area contributed by atoms with E-state index in [-0.39, 0.29) is 0 Å². The number of para-hydroxylation sites is 1. The van der Waals surface area contributed by atoms with Crippen LogP contribution in [0.1, 0.15) is 39.5 Å². The number of rotatable bonds is 4. The lowest BCUT2D eigenvalue weighted by molar-refractivity contribution is -0.596. The van der Waals surface area contributed by atoms with Crippen molar-refractivity contribution in [1.29, 1.82) is 0 Å². The van der Waals surface area contributed by atoms with Crippen molar-refractivity contribution in [1.82, 2.24) is 19.9 Å². The Hall–Kier alpha value is -6.01. The molecule has 5 aromatic heterocycles. The quantitative estimate of drug-likeness (QED) is 0.129. The Morgan fingerprint density at radius 2 is 1.22 bits per heavy atom. The number of fused-ring (bicyclic) bond motifs is 8. The number of hydrogen-bond donors (Lipinski definition) is 4. The second-order valence-corrected chi connectivity index (χ2v) is 11.6. The Morgan fingerprint density at radius 3 is 1.87 bits per heavy atom. The molecule has 8 rings (SSSR count). The van der Waals surface area contributed by atoms with Crippen LogP contribution < -0.4 is 26.0 Å². The molecular formula is C39H29N6S+. The molecular weight excluding hydrogens is 585 g/mol. The normalized spacial score (nSPS) is 12.3. The van der Waals surface area contributed by atoms with Gasteiger partial charge in [0.25, 0.3) is 0 Å². The lowest BCUT2D eigenvalue weighted by Crippen LogP contribution is -2.31. The summed E-state index contributed by atoms with van der Waals surface area (Å²) < 4.78 is 2.17. The molecule has 0 saturated heterocycles. The average molecular weight is 614 g/mol. The minimum absolute atomic E-state index is 0.773. The van der Waals surface area contributed by atoms with Gasteiger partial charge in [-0.2, -0.15) is 9.56 Å². The molecule has 220 valence electrons. The molecule has 6 nitrogen and oxygen atoms in total. The zero-order valence-electron chi connectivity index (χ0n) is 25.0. The van der Waals surface area contributed by atoms with Gasteiger partial charge in [-0.3, -0.25) is 0 Å². The molecule has 0 atom stereocenters. The van der Waals surface area contributed by atoms with E-state index >= 15 is 0 Å². The summed E-state index contributed by atoms with van der Waals surface area (Å²) in [5, 5.41) is 6.46. The maximum atomic E-state index is 4.80. The van der Waals surface area contributed by atoms with Gasteiger partial charge in [-0.25, -0.2) is 0 Å². The smallest absolute Gasteiger partial charge is 0.218 e. The predicted octanol–water partition coefficient (Wildman–Crippen LogP) is 4.78. The summed E-state index contributed by atoms with van der Waals surface area (Å²) in [5.41, 5.74) is 11.4. The number of thiocarbonyl (C=S) groups is 1. The highest BCUT2D eigenvalue weighted by Crippen LogP contribution is 2.25. The van der Waals surface area contributed by atoms with E-state index in [9.17, 15) is 0 Å². The number of nitrogens with one attached hydrogen (secondary N) is 4. The number of isothiocyanates is 1. The van der Waals surface area contributed by atoms with Gasteiger partial charge < -0.3 is 19.9 Å². The number of aromatic amines is 4. The fourth-order valence-corrected chi connectivity index (χ4v) is 6.23. The van der Waals surface area contributed by atoms with Gasteiger partial charge in [0, 0.05) is 73.5 Å². The van der Waals surface area contributed by atoms with Crippen molar-refractivity contribution < 1.29 is 4.57 Å². The predicted molar refractivity (Wildman–Crippen MR) is 186 cm³/mol. The van der Waals surface area contributed by atoms with E-state index in [4.69, 9.17) is 12.2 Å². The number of hydrogen-bond acceptors (Lipinski definition) is 2. The molecule has 7 heteroatoms. The van der Waals surface area contributed by atoms with Gasteiger partial charge >= 0.3 is 0 Å². The molecule has 46 heavy (non-hydrogen) atoms. The number of aliphatic imine (C=N–C) groups is 1. The number of pyridine rings is 1. The number of aromatic nitrogens is 5. The molecule has 0 amide bonds. The third-order valence-corrected chi connectivity index (χ3v) is 8.40. The second-order valence-electron chi connectivity index (χ2n) is 11.4. The van der Waals surface area contributed by atoms with E-state index in [0.717, 1.165) is 77.8 Å². The van der Waals surface area contributed by atoms with Crippen molar-refractivity contribution in [3.8, 4) is 5.69 Å². The van der Waals surface area contributed by atoms with Crippen LogP contribution in [0, 0.1) is 6.92 Å². The van der Waals surface area contributed by atoms with Crippen LogP contribution in [-0.2, 0) is 0 Å². The Balaban J connectivity index is 1.36. The lowest BCUT2D eigenvalue weighted by atomic mass is 10.00. The minimum Gasteiger partial charge on any atom is -0.355 e. The summed E-state index contributed by atoms with van der Waals surface area (Å²) in [7, 11) is 0. The van der Waals surface area contributed by atoms with E-state index in [2.05, 4.69) is 163 Å². The molecule has 8 bridgehead atoms. The van der Waals surface area contributed by atoms with Crippen LogP contribution in [0.2, 0.25) is 0 Å². The van der Waals surface area contributed by atoms with Crippen molar-refractivity contribution in [2.24, 2.45) is 4.99 Å². The van der Waals surface area contributed by atoms with Crippen molar-refractivity contribution in [2.75, 3.05) is 0 Å². The van der Waals surface area contributed by atoms with Crippen molar-refractivity contribution in [2.45, 2.75) is 6.92 Å². The van der Waals surface area contributed by atoms with Gasteiger partial charge in [-0.15, -0.1) is 0 Å². The van der Waals surface area contributed by atoms with E-state index in [1.807, 2.05) is 12.1 Å². The highest BCUT2D eigenvalue weighted by molar-refractivity contribution is 7.78. The zero-order valence-corrected chi connectivity index (χ0v) is 25.8. The Labute approximate surface area is 270 Å². The summed E-state index contributed by atoms with van der Waals surface area (Å²) in [6.07, 6.45) is 8.51. The number of aryl methyl sites for hydroxylation is 1. The summed E-state index contributed by atoms with van der Waals surface area (Å²) in [5.74, 6) is 0. The van der Waals surface area contributed by atoms with Crippen LogP contribution in [0.15, 0.2) is 127 Å². The molecule has 6 heterocycles. The van der Waals surface area contributed by atoms with Gasteiger partial charge in [-0.05, 0) is 109 Å². The van der Waals surface area contributed by atoms with Crippen LogP contribution in [0.3, 0.4) is 0 Å². The molecule has 0 saturated carbocycles. The highest BCUT2D eigenvalue weighted by Gasteiger charge is 2.19. The summed E-state index contributed by atoms with van der Waals surface area (Å²) in [4.78, 5) is 18.8. The Morgan fingerprint density at radius 1 is 0.609 bits per heavy atom. The van der Waals surface area contributed by atoms with Crippen molar-refractivity contribution in [3.63, 3.8) is 0 Å². The maximum Gasteiger partial charge on any atom is 0.218 e. The maximum absolute atomic E-state index is 4.80. The van der Waals surface area contributed by atoms with E-state index in [1.165, 1.54) is 5.56 Å². The largest absolute Gasteiger partial charge is 0.355 e. The van der Waals surface area contributed by atoms with Crippen LogP contribution in [0.4, 0.5) is 5.69 Å². The van der Waals surface area contributed by atoms with Gasteiger partial charge in [0.15, 0.2) is 12.4 Å². The van der Waals surface area contributed by atoms with Crippen LogP contribution >= 0.6 is 12.2 Å². The molecule has 1 aliphatic heterocycles. The first-order valence-electron chi connectivity index (χ1n) is 15.1. The Kier molecular flexibility index (Phi) is 6.88. The highest BCUT2D eigenvalue weighted by atomic mass is 32.1. The van der Waals surface area contributed by atoms with Gasteiger partial charge in [0.2, 0.25) is 5.69 Å². The van der Waals surface area contributed by atoms with Crippen molar-refractivity contribution >= 4 is 46.4 Å². The summed E-state index contributed by atoms with van der Waals surface area (Å²) in [6, 6.07) is 37.9. The first kappa shape index (κ1) is 27.5. The lowest BCUT2D eigenvalue weighted by Gasteiger charge is -2.09. The Bertz CT molecular complexity index is 2530. The molecule has 1 aliphatic rings. The first-order valence-corrected chi connectivity index (χ1v) is 15.5. The van der Waals surface area contributed by atoms with E-state index < -0.39 is 0 Å². The number of nitrogens with zero attached hydrogens (tertiary/aromatic N) is 2. The third kappa shape index (κ3) is 5.20. The minimum atomic E-state index is 0.773. The third-order valence-electron chi connectivity index (χ3n) is 8.31. The van der Waals surface area contributed by atoms with Crippen LogP contribution in [-0.4, -0.2) is 25.1 Å². The number of benzene rings is 2. The standard InChI is InChI=1S/C39H29N6S/c1-25-18-20-45(21-19-25)37-5-3-2-4-32(37)39-35-16-12-30(43-35)22-28-10-14-33(41-28)38(26-6-8-27(9-7-26)40-24-46)34-15-11-29(42-34)23-31-13-17-36(39)44-31/h2-23,41-44H,1H3/q+1.